The summed E-state index contributed by atoms with van der Waals surface area (Å²) in [5, 5.41) is 2.85. The predicted molar refractivity (Wildman–Crippen MR) is 119 cm³/mol. The van der Waals surface area contributed by atoms with Crippen molar-refractivity contribution < 1.29 is 13.9 Å². The fourth-order valence-corrected chi connectivity index (χ4v) is 3.37. The topological polar surface area (TPSA) is 64.4 Å². The fourth-order valence-electron chi connectivity index (χ4n) is 3.37. The van der Waals surface area contributed by atoms with Crippen molar-refractivity contribution in [1.29, 1.82) is 0 Å². The molecule has 5 nitrogen and oxygen atoms in total. The molecule has 0 atom stereocenters. The lowest BCUT2D eigenvalue weighted by molar-refractivity contribution is -0.118. The van der Waals surface area contributed by atoms with Gasteiger partial charge in [-0.05, 0) is 79.4 Å². The second-order valence-corrected chi connectivity index (χ2v) is 7.41. The molecule has 0 spiro atoms. The largest absolute Gasteiger partial charge is 0.484 e. The first-order chi connectivity index (χ1) is 14.5. The van der Waals surface area contributed by atoms with Crippen molar-refractivity contribution in [2.24, 2.45) is 0 Å². The van der Waals surface area contributed by atoms with E-state index in [2.05, 4.69) is 35.4 Å². The molecule has 1 amide bonds. The first kappa shape index (κ1) is 19.7. The van der Waals surface area contributed by atoms with Crippen molar-refractivity contribution in [3.05, 3.63) is 77.4 Å². The maximum Gasteiger partial charge on any atom is 0.262 e. The molecule has 4 rings (SSSR count). The summed E-state index contributed by atoms with van der Waals surface area (Å²) in [7, 11) is 0. The van der Waals surface area contributed by atoms with Crippen molar-refractivity contribution in [2.75, 3.05) is 11.9 Å². The standard InChI is InChI=1S/C25H24N2O3/c1-4-18-5-7-19(8-6-18)25-27-22-14-20(9-10-23(22)30-25)26-24(28)15-29-21-12-16(2)11-17(3)13-21/h5-14H,4,15H2,1-3H3,(H,26,28). The van der Waals surface area contributed by atoms with E-state index in [9.17, 15) is 4.79 Å². The van der Waals surface area contributed by atoms with Gasteiger partial charge in [0.15, 0.2) is 12.2 Å². The first-order valence-corrected chi connectivity index (χ1v) is 10.0. The minimum Gasteiger partial charge on any atom is -0.484 e. The Labute approximate surface area is 175 Å². The summed E-state index contributed by atoms with van der Waals surface area (Å²) in [6.45, 7) is 6.06. The van der Waals surface area contributed by atoms with Crippen LogP contribution in [0, 0.1) is 13.8 Å². The molecule has 1 heterocycles. The number of aryl methyl sites for hydroxylation is 3. The lowest BCUT2D eigenvalue weighted by atomic mass is 10.1. The van der Waals surface area contributed by atoms with E-state index in [-0.39, 0.29) is 12.5 Å². The van der Waals surface area contributed by atoms with E-state index in [0.717, 1.165) is 23.1 Å². The SMILES string of the molecule is CCc1ccc(-c2nc3cc(NC(=O)COc4cc(C)cc(C)c4)ccc3o2)cc1. The lowest BCUT2D eigenvalue weighted by Gasteiger charge is -2.09. The van der Waals surface area contributed by atoms with E-state index in [0.29, 0.717) is 28.4 Å². The quantitative estimate of drug-likeness (QED) is 0.451. The molecule has 0 fully saturated rings. The van der Waals surface area contributed by atoms with Crippen LogP contribution < -0.4 is 10.1 Å². The molecule has 1 aromatic heterocycles. The Morgan fingerprint density at radius 3 is 2.43 bits per heavy atom. The third-order valence-corrected chi connectivity index (χ3v) is 4.85. The number of benzene rings is 3. The van der Waals surface area contributed by atoms with Crippen LogP contribution in [-0.4, -0.2) is 17.5 Å². The van der Waals surface area contributed by atoms with E-state index < -0.39 is 0 Å². The van der Waals surface area contributed by atoms with Gasteiger partial charge in [0.25, 0.3) is 5.91 Å². The van der Waals surface area contributed by atoms with Crippen LogP contribution in [0.3, 0.4) is 0 Å². The second kappa shape index (κ2) is 8.41. The van der Waals surface area contributed by atoms with Gasteiger partial charge in [-0.1, -0.05) is 25.1 Å². The molecule has 30 heavy (non-hydrogen) atoms. The summed E-state index contributed by atoms with van der Waals surface area (Å²) in [6, 6.07) is 19.5. The van der Waals surface area contributed by atoms with E-state index in [1.165, 1.54) is 5.56 Å². The van der Waals surface area contributed by atoms with Crippen LogP contribution in [0.5, 0.6) is 5.75 Å². The maximum absolute atomic E-state index is 12.3. The number of carbonyl (C=O) groups is 1. The third kappa shape index (κ3) is 4.51. The highest BCUT2D eigenvalue weighted by atomic mass is 16.5. The number of aromatic nitrogens is 1. The number of fused-ring (bicyclic) bond motifs is 1. The minimum atomic E-state index is -0.229. The highest BCUT2D eigenvalue weighted by molar-refractivity contribution is 5.94. The Bertz CT molecular complexity index is 1170. The van der Waals surface area contributed by atoms with Crippen LogP contribution in [0.2, 0.25) is 0 Å². The number of ether oxygens (including phenoxy) is 1. The Kier molecular flexibility index (Phi) is 5.53. The van der Waals surface area contributed by atoms with Crippen LogP contribution in [0.1, 0.15) is 23.6 Å². The van der Waals surface area contributed by atoms with Gasteiger partial charge in [0.05, 0.1) is 0 Å². The molecule has 0 saturated carbocycles. The highest BCUT2D eigenvalue weighted by Crippen LogP contribution is 2.26. The summed E-state index contributed by atoms with van der Waals surface area (Å²) in [4.78, 5) is 16.9. The first-order valence-electron chi connectivity index (χ1n) is 10.0. The molecule has 0 bridgehead atoms. The summed E-state index contributed by atoms with van der Waals surface area (Å²) in [5.74, 6) is 1.02. The van der Waals surface area contributed by atoms with E-state index in [1.807, 2.05) is 44.2 Å². The smallest absolute Gasteiger partial charge is 0.262 e. The summed E-state index contributed by atoms with van der Waals surface area (Å²) in [5.41, 5.74) is 6.41. The Balaban J connectivity index is 1.44. The van der Waals surface area contributed by atoms with Gasteiger partial charge < -0.3 is 14.5 Å². The van der Waals surface area contributed by atoms with Crippen molar-refractivity contribution in [2.45, 2.75) is 27.2 Å². The van der Waals surface area contributed by atoms with Gasteiger partial charge in [-0.15, -0.1) is 0 Å². The number of nitrogens with zero attached hydrogens (tertiary/aromatic N) is 1. The van der Waals surface area contributed by atoms with E-state index in [1.54, 1.807) is 12.1 Å². The number of amides is 1. The zero-order chi connectivity index (χ0) is 21.1. The molecular formula is C25H24N2O3. The number of carbonyl (C=O) groups excluding carboxylic acids is 1. The van der Waals surface area contributed by atoms with Crippen LogP contribution in [0.4, 0.5) is 5.69 Å². The van der Waals surface area contributed by atoms with Gasteiger partial charge in [0.2, 0.25) is 5.89 Å². The number of oxazole rings is 1. The molecule has 5 heteroatoms. The van der Waals surface area contributed by atoms with Gasteiger partial charge in [0, 0.05) is 11.3 Å². The average molecular weight is 400 g/mol. The molecule has 0 unspecified atom stereocenters. The number of hydrogen-bond donors (Lipinski definition) is 1. The zero-order valence-corrected chi connectivity index (χ0v) is 17.4. The van der Waals surface area contributed by atoms with Crippen LogP contribution >= 0.6 is 0 Å². The lowest BCUT2D eigenvalue weighted by Crippen LogP contribution is -2.20. The Hall–Kier alpha value is -3.60. The van der Waals surface area contributed by atoms with Crippen molar-refractivity contribution >= 4 is 22.7 Å². The fraction of sp³-hybridized carbons (Fsp3) is 0.200. The maximum atomic E-state index is 12.3. The van der Waals surface area contributed by atoms with Crippen LogP contribution in [0.25, 0.3) is 22.6 Å². The average Bonchev–Trinajstić information content (AvgIpc) is 3.15. The number of nitrogens with one attached hydrogen (secondary N) is 1. The van der Waals surface area contributed by atoms with Gasteiger partial charge in [0.1, 0.15) is 11.3 Å². The van der Waals surface area contributed by atoms with Crippen LogP contribution in [0.15, 0.2) is 65.1 Å². The zero-order valence-electron chi connectivity index (χ0n) is 17.4. The van der Waals surface area contributed by atoms with Gasteiger partial charge in [-0.3, -0.25) is 4.79 Å². The van der Waals surface area contributed by atoms with Crippen molar-refractivity contribution in [3.8, 4) is 17.2 Å². The number of rotatable bonds is 6. The van der Waals surface area contributed by atoms with Crippen LogP contribution in [-0.2, 0) is 11.2 Å². The van der Waals surface area contributed by atoms with Gasteiger partial charge in [-0.2, -0.15) is 0 Å². The third-order valence-electron chi connectivity index (χ3n) is 4.85. The number of anilines is 1. The molecule has 0 saturated heterocycles. The normalized spacial score (nSPS) is 10.9. The molecule has 152 valence electrons. The van der Waals surface area contributed by atoms with Crippen molar-refractivity contribution in [3.63, 3.8) is 0 Å². The molecule has 0 radical (unpaired) electrons. The molecule has 0 aliphatic carbocycles. The Morgan fingerprint density at radius 2 is 1.73 bits per heavy atom. The number of hydrogen-bond acceptors (Lipinski definition) is 4. The second-order valence-electron chi connectivity index (χ2n) is 7.41. The minimum absolute atomic E-state index is 0.0607. The molecule has 0 aliphatic heterocycles. The summed E-state index contributed by atoms with van der Waals surface area (Å²) < 4.78 is 11.5. The summed E-state index contributed by atoms with van der Waals surface area (Å²) in [6.07, 6.45) is 0.990. The molecule has 0 aliphatic rings. The van der Waals surface area contributed by atoms with E-state index >= 15 is 0 Å². The summed E-state index contributed by atoms with van der Waals surface area (Å²) >= 11 is 0. The van der Waals surface area contributed by atoms with Gasteiger partial charge >= 0.3 is 0 Å². The molecular weight excluding hydrogens is 376 g/mol. The highest BCUT2D eigenvalue weighted by Gasteiger charge is 2.11. The Morgan fingerprint density at radius 1 is 1.00 bits per heavy atom. The molecule has 3 aromatic carbocycles. The van der Waals surface area contributed by atoms with E-state index in [4.69, 9.17) is 9.15 Å². The van der Waals surface area contributed by atoms with Gasteiger partial charge in [-0.25, -0.2) is 4.98 Å². The molecule has 4 aromatic rings. The molecule has 1 N–H and O–H groups in total. The monoisotopic (exact) mass is 400 g/mol. The van der Waals surface area contributed by atoms with Crippen molar-refractivity contribution in [1.82, 2.24) is 4.98 Å². The predicted octanol–water partition coefficient (Wildman–Crippen LogP) is 5.69.